The Balaban J connectivity index is 2.78. The third-order valence-electron chi connectivity index (χ3n) is 1.64. The molecule has 0 atom stereocenters. The summed E-state index contributed by atoms with van der Waals surface area (Å²) in [6.45, 7) is 0.183. The smallest absolute Gasteiger partial charge is 0.0624 e. The van der Waals surface area contributed by atoms with Crippen molar-refractivity contribution in [2.24, 2.45) is 0 Å². The van der Waals surface area contributed by atoms with Crippen molar-refractivity contribution in [3.63, 3.8) is 0 Å². The van der Waals surface area contributed by atoms with Gasteiger partial charge in [-0.1, -0.05) is 35.3 Å². The molecule has 0 saturated carbocycles. The van der Waals surface area contributed by atoms with Gasteiger partial charge in [-0.2, -0.15) is 0 Å². The first-order chi connectivity index (χ1) is 5.75. The van der Waals surface area contributed by atoms with Gasteiger partial charge in [0, 0.05) is 6.61 Å². The number of benzene rings is 1. The molecule has 0 heterocycles. The van der Waals surface area contributed by atoms with Crippen LogP contribution in [-0.4, -0.2) is 11.7 Å². The number of aryl methyl sites for hydroxylation is 1. The highest BCUT2D eigenvalue weighted by molar-refractivity contribution is 6.42. The summed E-state index contributed by atoms with van der Waals surface area (Å²) in [5.41, 5.74) is 0.998. The van der Waals surface area contributed by atoms with Crippen molar-refractivity contribution in [2.75, 3.05) is 6.61 Å². The van der Waals surface area contributed by atoms with Gasteiger partial charge in [0.15, 0.2) is 0 Å². The minimum atomic E-state index is 0.183. The maximum absolute atomic E-state index is 8.61. The maximum Gasteiger partial charge on any atom is 0.0624 e. The van der Waals surface area contributed by atoms with Crippen molar-refractivity contribution >= 4 is 23.2 Å². The van der Waals surface area contributed by atoms with Crippen molar-refractivity contribution < 1.29 is 5.11 Å². The van der Waals surface area contributed by atoms with E-state index < -0.39 is 0 Å². The molecule has 0 aromatic heterocycles. The van der Waals surface area contributed by atoms with E-state index in [2.05, 4.69) is 0 Å². The van der Waals surface area contributed by atoms with Crippen molar-refractivity contribution in [2.45, 2.75) is 12.8 Å². The zero-order valence-corrected chi connectivity index (χ0v) is 8.07. The van der Waals surface area contributed by atoms with Crippen LogP contribution in [0.3, 0.4) is 0 Å². The molecule has 1 nitrogen and oxygen atoms in total. The van der Waals surface area contributed by atoms with E-state index in [1.165, 1.54) is 0 Å². The molecule has 1 rings (SSSR count). The monoisotopic (exact) mass is 204 g/mol. The summed E-state index contributed by atoms with van der Waals surface area (Å²) in [6.07, 6.45) is 1.50. The van der Waals surface area contributed by atoms with Crippen molar-refractivity contribution in [1.82, 2.24) is 0 Å². The molecule has 1 aromatic carbocycles. The van der Waals surface area contributed by atoms with Crippen molar-refractivity contribution in [3.8, 4) is 0 Å². The van der Waals surface area contributed by atoms with Crippen LogP contribution in [0.5, 0.6) is 0 Å². The summed E-state index contributed by atoms with van der Waals surface area (Å²) in [5, 5.41) is 9.79. The van der Waals surface area contributed by atoms with Gasteiger partial charge in [0.2, 0.25) is 0 Å². The van der Waals surface area contributed by atoms with E-state index >= 15 is 0 Å². The first-order valence-corrected chi connectivity index (χ1v) is 4.55. The van der Waals surface area contributed by atoms with E-state index in [4.69, 9.17) is 28.3 Å². The average molecular weight is 205 g/mol. The Bertz CT molecular complexity index is 261. The predicted octanol–water partition coefficient (Wildman–Crippen LogP) is 2.92. The summed E-state index contributed by atoms with van der Waals surface area (Å²) in [5.74, 6) is 0. The molecule has 0 aliphatic rings. The third-order valence-corrected chi connectivity index (χ3v) is 2.49. The van der Waals surface area contributed by atoms with Crippen LogP contribution in [0.25, 0.3) is 0 Å². The zero-order chi connectivity index (χ0) is 8.97. The SMILES string of the molecule is OCCCc1cccc(Cl)c1Cl. The first kappa shape index (κ1) is 9.85. The Morgan fingerprint density at radius 1 is 1.25 bits per heavy atom. The van der Waals surface area contributed by atoms with Gasteiger partial charge >= 0.3 is 0 Å². The second-order valence-electron chi connectivity index (χ2n) is 2.54. The molecule has 1 N–H and O–H groups in total. The van der Waals surface area contributed by atoms with E-state index in [1.54, 1.807) is 6.07 Å². The predicted molar refractivity (Wildman–Crippen MR) is 51.9 cm³/mol. The number of hydrogen-bond acceptors (Lipinski definition) is 1. The topological polar surface area (TPSA) is 20.2 Å². The van der Waals surface area contributed by atoms with E-state index in [1.807, 2.05) is 12.1 Å². The molecule has 3 heteroatoms. The molecule has 12 heavy (non-hydrogen) atoms. The van der Waals surface area contributed by atoms with Gasteiger partial charge in [-0.3, -0.25) is 0 Å². The van der Waals surface area contributed by atoms with Gasteiger partial charge in [-0.05, 0) is 24.5 Å². The summed E-state index contributed by atoms with van der Waals surface area (Å²) < 4.78 is 0. The first-order valence-electron chi connectivity index (χ1n) is 3.79. The van der Waals surface area contributed by atoms with Crippen LogP contribution >= 0.6 is 23.2 Å². The average Bonchev–Trinajstić information content (AvgIpc) is 2.08. The van der Waals surface area contributed by atoms with Crippen LogP contribution in [0.15, 0.2) is 18.2 Å². The van der Waals surface area contributed by atoms with Gasteiger partial charge in [0.25, 0.3) is 0 Å². The molecule has 0 saturated heterocycles. The van der Waals surface area contributed by atoms with Crippen LogP contribution in [-0.2, 0) is 6.42 Å². The fourth-order valence-corrected chi connectivity index (χ4v) is 1.43. The molecular formula is C9H10Cl2O. The summed E-state index contributed by atoms with van der Waals surface area (Å²) >= 11 is 11.7. The lowest BCUT2D eigenvalue weighted by atomic mass is 10.1. The zero-order valence-electron chi connectivity index (χ0n) is 6.56. The van der Waals surface area contributed by atoms with Crippen LogP contribution in [0.4, 0.5) is 0 Å². The standard InChI is InChI=1S/C9H10Cl2O/c10-8-5-1-3-7(9(8)11)4-2-6-12/h1,3,5,12H,2,4,6H2. The molecule has 0 spiro atoms. The maximum atomic E-state index is 8.61. The minimum Gasteiger partial charge on any atom is -0.396 e. The third kappa shape index (κ3) is 2.37. The fraction of sp³-hybridized carbons (Fsp3) is 0.333. The fourth-order valence-electron chi connectivity index (χ4n) is 1.01. The van der Waals surface area contributed by atoms with Gasteiger partial charge in [0.05, 0.1) is 10.0 Å². The number of halogens is 2. The summed E-state index contributed by atoms with van der Waals surface area (Å²) in [7, 11) is 0. The highest BCUT2D eigenvalue weighted by Crippen LogP contribution is 2.26. The normalized spacial score (nSPS) is 10.2. The lowest BCUT2D eigenvalue weighted by Crippen LogP contribution is -1.90. The molecule has 0 bridgehead atoms. The lowest BCUT2D eigenvalue weighted by Gasteiger charge is -2.03. The molecule has 0 radical (unpaired) electrons. The largest absolute Gasteiger partial charge is 0.396 e. The highest BCUT2D eigenvalue weighted by atomic mass is 35.5. The van der Waals surface area contributed by atoms with Crippen LogP contribution in [0, 0.1) is 0 Å². The molecule has 66 valence electrons. The number of rotatable bonds is 3. The van der Waals surface area contributed by atoms with E-state index in [0.29, 0.717) is 10.0 Å². The Morgan fingerprint density at radius 3 is 2.67 bits per heavy atom. The van der Waals surface area contributed by atoms with Gasteiger partial charge in [-0.25, -0.2) is 0 Å². The van der Waals surface area contributed by atoms with Crippen LogP contribution in [0.1, 0.15) is 12.0 Å². The molecular weight excluding hydrogens is 195 g/mol. The van der Waals surface area contributed by atoms with E-state index in [0.717, 1.165) is 18.4 Å². The number of aliphatic hydroxyl groups excluding tert-OH is 1. The van der Waals surface area contributed by atoms with Gasteiger partial charge in [0.1, 0.15) is 0 Å². The summed E-state index contributed by atoms with van der Waals surface area (Å²) in [4.78, 5) is 0. The van der Waals surface area contributed by atoms with Gasteiger partial charge in [-0.15, -0.1) is 0 Å². The van der Waals surface area contributed by atoms with Crippen molar-refractivity contribution in [3.05, 3.63) is 33.8 Å². The Kier molecular flexibility index (Phi) is 3.86. The van der Waals surface area contributed by atoms with E-state index in [-0.39, 0.29) is 6.61 Å². The summed E-state index contributed by atoms with van der Waals surface area (Å²) in [6, 6.07) is 5.54. The Labute approximate surface area is 81.9 Å². The molecule has 0 amide bonds. The lowest BCUT2D eigenvalue weighted by molar-refractivity contribution is 0.288. The molecule has 0 aliphatic heterocycles. The Morgan fingerprint density at radius 2 is 2.00 bits per heavy atom. The second kappa shape index (κ2) is 4.70. The number of aliphatic hydroxyl groups is 1. The van der Waals surface area contributed by atoms with E-state index in [9.17, 15) is 0 Å². The molecule has 0 aliphatic carbocycles. The van der Waals surface area contributed by atoms with Crippen LogP contribution < -0.4 is 0 Å². The van der Waals surface area contributed by atoms with Crippen molar-refractivity contribution in [1.29, 1.82) is 0 Å². The van der Waals surface area contributed by atoms with Crippen LogP contribution in [0.2, 0.25) is 10.0 Å². The highest BCUT2D eigenvalue weighted by Gasteiger charge is 2.02. The van der Waals surface area contributed by atoms with Gasteiger partial charge < -0.3 is 5.11 Å². The second-order valence-corrected chi connectivity index (χ2v) is 3.33. The minimum absolute atomic E-state index is 0.183. The molecule has 0 fully saturated rings. The Hall–Kier alpha value is -0.240. The number of hydrogen-bond donors (Lipinski definition) is 1. The quantitative estimate of drug-likeness (QED) is 0.804. The molecule has 0 unspecified atom stereocenters. The molecule has 1 aromatic rings.